The molecule has 1 aromatic heterocycles. The zero-order valence-corrected chi connectivity index (χ0v) is 5.61. The van der Waals surface area contributed by atoms with Crippen LogP contribution in [0.5, 0.6) is 0 Å². The Morgan fingerprint density at radius 3 is 3.00 bits per heavy atom. The molecule has 0 fully saturated rings. The van der Waals surface area contributed by atoms with E-state index in [1.165, 1.54) is 6.07 Å². The Bertz CT molecular complexity index is 231. The van der Waals surface area contributed by atoms with Gasteiger partial charge in [-0.15, -0.1) is 0 Å². The molecule has 0 aliphatic rings. The second-order valence-electron chi connectivity index (χ2n) is 1.75. The molecule has 0 saturated carbocycles. The number of hydrogen-bond donors (Lipinski definition) is 4. The summed E-state index contributed by atoms with van der Waals surface area (Å²) in [6.07, 6.45) is 1.54. The van der Waals surface area contributed by atoms with Gasteiger partial charge in [0.15, 0.2) is 5.82 Å². The van der Waals surface area contributed by atoms with Gasteiger partial charge in [0.25, 0.3) is 0 Å². The lowest BCUT2D eigenvalue weighted by Gasteiger charge is -2.10. The van der Waals surface area contributed by atoms with Gasteiger partial charge in [-0.25, -0.2) is 21.5 Å². The molecule has 11 heavy (non-hydrogen) atoms. The SMILES string of the molecule is NNC(=O)N(N)c1cc[nH]n1. The number of rotatable bonds is 1. The van der Waals surface area contributed by atoms with Crippen molar-refractivity contribution >= 4 is 11.8 Å². The lowest BCUT2D eigenvalue weighted by atomic mass is 10.6. The van der Waals surface area contributed by atoms with E-state index in [0.717, 1.165) is 5.01 Å². The van der Waals surface area contributed by atoms with Crippen molar-refractivity contribution in [3.05, 3.63) is 12.3 Å². The van der Waals surface area contributed by atoms with Crippen molar-refractivity contribution in [3.63, 3.8) is 0 Å². The summed E-state index contributed by atoms with van der Waals surface area (Å²) in [5, 5.41) is 6.93. The standard InChI is InChI=1S/C4H8N6O/c5-8-4(11)10(6)3-1-2-7-9-3/h1-2H,5-6H2,(H,7,9)(H,8,11). The number of aromatic amines is 1. The maximum atomic E-state index is 10.7. The molecule has 0 aliphatic carbocycles. The molecule has 0 saturated heterocycles. The Labute approximate surface area is 62.3 Å². The van der Waals surface area contributed by atoms with Gasteiger partial charge in [-0.3, -0.25) is 10.5 Å². The van der Waals surface area contributed by atoms with Crippen LogP contribution in [0.15, 0.2) is 12.3 Å². The van der Waals surface area contributed by atoms with Crippen molar-refractivity contribution < 1.29 is 4.79 Å². The number of H-pyrrole nitrogens is 1. The molecule has 0 unspecified atom stereocenters. The molecular weight excluding hydrogens is 148 g/mol. The molecule has 1 aromatic rings. The Kier molecular flexibility index (Phi) is 2.04. The largest absolute Gasteiger partial charge is 0.351 e. The lowest BCUT2D eigenvalue weighted by molar-refractivity contribution is 0.246. The number of hydrogen-bond acceptors (Lipinski definition) is 4. The van der Waals surface area contributed by atoms with Crippen LogP contribution in [0, 0.1) is 0 Å². The predicted octanol–water partition coefficient (Wildman–Crippen LogP) is -1.33. The van der Waals surface area contributed by atoms with Crippen LogP contribution in [0.2, 0.25) is 0 Å². The molecule has 0 aliphatic heterocycles. The molecule has 1 rings (SSSR count). The van der Waals surface area contributed by atoms with E-state index in [0.29, 0.717) is 5.82 Å². The highest BCUT2D eigenvalue weighted by Gasteiger charge is 2.10. The van der Waals surface area contributed by atoms with E-state index in [1.807, 2.05) is 5.43 Å². The van der Waals surface area contributed by atoms with Gasteiger partial charge in [-0.05, 0) is 0 Å². The highest BCUT2D eigenvalue weighted by Crippen LogP contribution is 2.02. The third-order valence-electron chi connectivity index (χ3n) is 1.08. The van der Waals surface area contributed by atoms with Crippen LogP contribution in [-0.2, 0) is 0 Å². The summed E-state index contributed by atoms with van der Waals surface area (Å²) in [5.74, 6) is 10.4. The molecule has 0 aromatic carbocycles. The van der Waals surface area contributed by atoms with Gasteiger partial charge < -0.3 is 0 Å². The van der Waals surface area contributed by atoms with Crippen molar-refractivity contribution in [2.45, 2.75) is 0 Å². The first kappa shape index (κ1) is 7.51. The third kappa shape index (κ3) is 1.45. The molecular formula is C4H8N6O. The highest BCUT2D eigenvalue weighted by molar-refractivity contribution is 5.88. The van der Waals surface area contributed by atoms with Crippen molar-refractivity contribution in [1.82, 2.24) is 15.6 Å². The van der Waals surface area contributed by atoms with Crippen LogP contribution in [0.25, 0.3) is 0 Å². The zero-order chi connectivity index (χ0) is 8.27. The van der Waals surface area contributed by atoms with Gasteiger partial charge in [0.1, 0.15) is 0 Å². The maximum absolute atomic E-state index is 10.7. The molecule has 0 bridgehead atoms. The molecule has 0 atom stereocenters. The van der Waals surface area contributed by atoms with Gasteiger partial charge in [0, 0.05) is 12.3 Å². The number of aromatic nitrogens is 2. The van der Waals surface area contributed by atoms with Gasteiger partial charge in [0.05, 0.1) is 0 Å². The molecule has 7 heteroatoms. The molecule has 7 nitrogen and oxygen atoms in total. The Hall–Kier alpha value is -1.60. The fourth-order valence-electron chi connectivity index (χ4n) is 0.560. The topological polar surface area (TPSA) is 113 Å². The minimum Gasteiger partial charge on any atom is -0.284 e. The molecule has 2 amide bonds. The van der Waals surface area contributed by atoms with E-state index in [4.69, 9.17) is 11.7 Å². The van der Waals surface area contributed by atoms with Crippen LogP contribution in [0.3, 0.4) is 0 Å². The van der Waals surface area contributed by atoms with Gasteiger partial charge in [-0.1, -0.05) is 0 Å². The maximum Gasteiger partial charge on any atom is 0.351 e. The molecule has 1 heterocycles. The zero-order valence-electron chi connectivity index (χ0n) is 5.61. The average molecular weight is 156 g/mol. The van der Waals surface area contributed by atoms with Crippen LogP contribution in [-0.4, -0.2) is 16.2 Å². The van der Waals surface area contributed by atoms with E-state index < -0.39 is 6.03 Å². The number of anilines is 1. The van der Waals surface area contributed by atoms with Crippen LogP contribution < -0.4 is 22.1 Å². The first-order valence-electron chi connectivity index (χ1n) is 2.81. The highest BCUT2D eigenvalue weighted by atomic mass is 16.2. The summed E-state index contributed by atoms with van der Waals surface area (Å²) in [7, 11) is 0. The smallest absolute Gasteiger partial charge is 0.284 e. The minimum atomic E-state index is -0.628. The molecule has 6 N–H and O–H groups in total. The number of urea groups is 1. The summed E-state index contributed by atoms with van der Waals surface area (Å²) in [6.45, 7) is 0. The Morgan fingerprint density at radius 2 is 2.55 bits per heavy atom. The van der Waals surface area contributed by atoms with Gasteiger partial charge in [-0.2, -0.15) is 5.10 Å². The Morgan fingerprint density at radius 1 is 1.82 bits per heavy atom. The fourth-order valence-corrected chi connectivity index (χ4v) is 0.560. The number of hydrazine groups is 2. The van der Waals surface area contributed by atoms with E-state index >= 15 is 0 Å². The van der Waals surface area contributed by atoms with Crippen LogP contribution in [0.1, 0.15) is 0 Å². The van der Waals surface area contributed by atoms with Crippen molar-refractivity contribution in [3.8, 4) is 0 Å². The van der Waals surface area contributed by atoms with Crippen molar-refractivity contribution in [2.75, 3.05) is 5.01 Å². The van der Waals surface area contributed by atoms with E-state index in [2.05, 4.69) is 10.2 Å². The number of carbonyl (C=O) groups excluding carboxylic acids is 1. The number of carbonyl (C=O) groups is 1. The quantitative estimate of drug-likeness (QED) is 0.229. The van der Waals surface area contributed by atoms with Crippen LogP contribution >= 0.6 is 0 Å². The van der Waals surface area contributed by atoms with E-state index in [-0.39, 0.29) is 0 Å². The predicted molar refractivity (Wildman–Crippen MR) is 38.0 cm³/mol. The normalized spacial score (nSPS) is 9.27. The molecule has 60 valence electrons. The van der Waals surface area contributed by atoms with Gasteiger partial charge >= 0.3 is 6.03 Å². The first-order chi connectivity index (χ1) is 5.25. The van der Waals surface area contributed by atoms with E-state index in [9.17, 15) is 4.79 Å². The molecule has 0 spiro atoms. The summed E-state index contributed by atoms with van der Waals surface area (Å²) in [5.41, 5.74) is 1.86. The Balaban J connectivity index is 2.70. The second kappa shape index (κ2) is 2.99. The summed E-state index contributed by atoms with van der Waals surface area (Å²) in [6, 6.07) is 0.909. The number of nitrogens with one attached hydrogen (secondary N) is 2. The fraction of sp³-hybridized carbons (Fsp3) is 0. The lowest BCUT2D eigenvalue weighted by Crippen LogP contribution is -2.47. The summed E-state index contributed by atoms with van der Waals surface area (Å²) >= 11 is 0. The second-order valence-corrected chi connectivity index (χ2v) is 1.75. The number of amides is 2. The van der Waals surface area contributed by atoms with E-state index in [1.54, 1.807) is 6.20 Å². The van der Waals surface area contributed by atoms with Crippen LogP contribution in [0.4, 0.5) is 10.6 Å². The minimum absolute atomic E-state index is 0.299. The van der Waals surface area contributed by atoms with Crippen molar-refractivity contribution in [1.29, 1.82) is 0 Å². The monoisotopic (exact) mass is 156 g/mol. The first-order valence-corrected chi connectivity index (χ1v) is 2.81. The summed E-state index contributed by atoms with van der Waals surface area (Å²) in [4.78, 5) is 10.7. The third-order valence-corrected chi connectivity index (χ3v) is 1.08. The number of nitrogens with zero attached hydrogens (tertiary/aromatic N) is 2. The number of nitrogens with two attached hydrogens (primary N) is 2. The van der Waals surface area contributed by atoms with Gasteiger partial charge in [0.2, 0.25) is 0 Å². The van der Waals surface area contributed by atoms with Crippen molar-refractivity contribution in [2.24, 2.45) is 11.7 Å². The average Bonchev–Trinajstić information content (AvgIpc) is 2.53. The summed E-state index contributed by atoms with van der Waals surface area (Å²) < 4.78 is 0. The molecule has 0 radical (unpaired) electrons.